The van der Waals surface area contributed by atoms with Crippen LogP contribution in [0.15, 0.2) is 12.4 Å². The van der Waals surface area contributed by atoms with Crippen LogP contribution in [0.4, 0.5) is 5.69 Å². The highest BCUT2D eigenvalue weighted by Crippen LogP contribution is 2.09. The lowest BCUT2D eigenvalue weighted by Crippen LogP contribution is -2.43. The van der Waals surface area contributed by atoms with Gasteiger partial charge in [0.1, 0.15) is 25.5 Å². The summed E-state index contributed by atoms with van der Waals surface area (Å²) in [5.41, 5.74) is -0.217. The van der Waals surface area contributed by atoms with Crippen LogP contribution in [0.1, 0.15) is 20.3 Å². The zero-order chi connectivity index (χ0) is 15.3. The molecule has 0 fully saturated rings. The first-order chi connectivity index (χ1) is 9.35. The molecular weight excluding hydrogens is 268 g/mol. The Morgan fingerprint density at radius 1 is 1.60 bits per heavy atom. The van der Waals surface area contributed by atoms with Crippen molar-refractivity contribution in [2.45, 2.75) is 32.9 Å². The number of aliphatic carboxylic acids is 1. The number of carboxylic acids is 1. The lowest BCUT2D eigenvalue weighted by Gasteiger charge is -2.26. The van der Waals surface area contributed by atoms with Crippen LogP contribution in [0.25, 0.3) is 0 Å². The predicted molar refractivity (Wildman–Crippen MR) is 68.0 cm³/mol. The normalized spacial score (nSPS) is 11.9. The largest absolute Gasteiger partial charge is 0.480 e. The fourth-order valence-corrected chi connectivity index (χ4v) is 1.62. The van der Waals surface area contributed by atoms with Crippen molar-refractivity contribution < 1.29 is 19.6 Å². The van der Waals surface area contributed by atoms with Crippen LogP contribution in [0.3, 0.4) is 0 Å². The molecule has 0 aliphatic carbocycles. The van der Waals surface area contributed by atoms with Crippen LogP contribution in [0, 0.1) is 10.1 Å². The average molecular weight is 284 g/mol. The van der Waals surface area contributed by atoms with Crippen molar-refractivity contribution in [1.82, 2.24) is 14.7 Å². The van der Waals surface area contributed by atoms with Crippen LogP contribution in [-0.4, -0.2) is 49.2 Å². The van der Waals surface area contributed by atoms with E-state index in [1.165, 1.54) is 4.90 Å². The van der Waals surface area contributed by atoms with Crippen LogP contribution in [0.2, 0.25) is 0 Å². The second kappa shape index (κ2) is 6.64. The number of nitro groups is 1. The molecule has 1 amide bonds. The van der Waals surface area contributed by atoms with Crippen LogP contribution >= 0.6 is 0 Å². The standard InChI is InChI=1S/C11H16N4O5/c1-3-8(2)14(7-11(17)18)10(16)6-13-5-9(4-12-13)15(19)20/h4-5,8H,3,6-7H2,1-2H3,(H,17,18). The molecule has 110 valence electrons. The van der Waals surface area contributed by atoms with E-state index in [0.29, 0.717) is 6.42 Å². The zero-order valence-corrected chi connectivity index (χ0v) is 11.2. The summed E-state index contributed by atoms with van der Waals surface area (Å²) in [6.07, 6.45) is 2.78. The quantitative estimate of drug-likeness (QED) is 0.575. The molecule has 1 unspecified atom stereocenters. The maximum absolute atomic E-state index is 12.1. The molecule has 9 nitrogen and oxygen atoms in total. The van der Waals surface area contributed by atoms with E-state index >= 15 is 0 Å². The van der Waals surface area contributed by atoms with Crippen molar-refractivity contribution in [2.75, 3.05) is 6.54 Å². The number of hydrogen-bond donors (Lipinski definition) is 1. The van der Waals surface area contributed by atoms with Gasteiger partial charge in [-0.15, -0.1) is 0 Å². The summed E-state index contributed by atoms with van der Waals surface area (Å²) in [7, 11) is 0. The third-order valence-electron chi connectivity index (χ3n) is 2.88. The fraction of sp³-hybridized carbons (Fsp3) is 0.545. The number of amides is 1. The van der Waals surface area contributed by atoms with Gasteiger partial charge in [-0.1, -0.05) is 6.92 Å². The molecule has 0 saturated carbocycles. The summed E-state index contributed by atoms with van der Waals surface area (Å²) < 4.78 is 1.12. The molecule has 1 heterocycles. The third kappa shape index (κ3) is 4.04. The van der Waals surface area contributed by atoms with Gasteiger partial charge >= 0.3 is 11.7 Å². The number of rotatable bonds is 7. The monoisotopic (exact) mass is 284 g/mol. The molecule has 0 saturated heterocycles. The molecule has 0 aromatic carbocycles. The molecule has 1 rings (SSSR count). The second-order valence-corrected chi connectivity index (χ2v) is 4.33. The smallest absolute Gasteiger partial charge is 0.323 e. The van der Waals surface area contributed by atoms with Crippen molar-refractivity contribution in [3.63, 3.8) is 0 Å². The molecule has 0 aliphatic rings. The number of nitrogens with zero attached hydrogens (tertiary/aromatic N) is 4. The molecule has 0 aliphatic heterocycles. The molecule has 0 bridgehead atoms. The summed E-state index contributed by atoms with van der Waals surface area (Å²) in [6, 6.07) is -0.232. The van der Waals surface area contributed by atoms with Gasteiger partial charge in [-0.25, -0.2) is 0 Å². The highest BCUT2D eigenvalue weighted by atomic mass is 16.6. The molecule has 1 N–H and O–H groups in total. The first-order valence-electron chi connectivity index (χ1n) is 6.03. The number of hydrogen-bond acceptors (Lipinski definition) is 5. The minimum absolute atomic E-state index is 0.217. The Kier molecular flexibility index (Phi) is 5.18. The van der Waals surface area contributed by atoms with Gasteiger partial charge in [-0.05, 0) is 13.3 Å². The van der Waals surface area contributed by atoms with Gasteiger partial charge in [0.2, 0.25) is 5.91 Å². The SMILES string of the molecule is CCC(C)N(CC(=O)O)C(=O)Cn1cc([N+](=O)[O-])cn1. The number of aromatic nitrogens is 2. The van der Waals surface area contributed by atoms with E-state index in [-0.39, 0.29) is 18.3 Å². The van der Waals surface area contributed by atoms with Crippen molar-refractivity contribution >= 4 is 17.6 Å². The van der Waals surface area contributed by atoms with E-state index in [1.54, 1.807) is 6.92 Å². The van der Waals surface area contributed by atoms with Crippen molar-refractivity contribution in [1.29, 1.82) is 0 Å². The number of carboxylic acid groups (broad SMARTS) is 1. The molecule has 1 aromatic heterocycles. The van der Waals surface area contributed by atoms with Gasteiger partial charge in [0.25, 0.3) is 0 Å². The zero-order valence-electron chi connectivity index (χ0n) is 11.2. The van der Waals surface area contributed by atoms with Crippen LogP contribution in [-0.2, 0) is 16.1 Å². The fourth-order valence-electron chi connectivity index (χ4n) is 1.62. The van der Waals surface area contributed by atoms with E-state index < -0.39 is 23.3 Å². The van der Waals surface area contributed by atoms with Gasteiger partial charge in [0.15, 0.2) is 0 Å². The Hall–Kier alpha value is -2.45. The molecule has 20 heavy (non-hydrogen) atoms. The van der Waals surface area contributed by atoms with Gasteiger partial charge < -0.3 is 10.0 Å². The maximum atomic E-state index is 12.1. The third-order valence-corrected chi connectivity index (χ3v) is 2.88. The molecule has 0 radical (unpaired) electrons. The lowest BCUT2D eigenvalue weighted by molar-refractivity contribution is -0.385. The van der Waals surface area contributed by atoms with Crippen molar-refractivity contribution in [2.24, 2.45) is 0 Å². The van der Waals surface area contributed by atoms with Crippen LogP contribution < -0.4 is 0 Å². The molecule has 9 heteroatoms. The topological polar surface area (TPSA) is 119 Å². The average Bonchev–Trinajstić information content (AvgIpc) is 2.83. The molecular formula is C11H16N4O5. The Morgan fingerprint density at radius 3 is 2.70 bits per heavy atom. The van der Waals surface area contributed by atoms with E-state index in [2.05, 4.69) is 5.10 Å². The summed E-state index contributed by atoms with van der Waals surface area (Å²) in [5, 5.41) is 23.0. The Bertz CT molecular complexity index is 513. The Labute approximate surface area is 114 Å². The Morgan fingerprint density at radius 2 is 2.25 bits per heavy atom. The van der Waals surface area contributed by atoms with Gasteiger partial charge in [-0.2, -0.15) is 5.10 Å². The maximum Gasteiger partial charge on any atom is 0.323 e. The Balaban J connectivity index is 2.78. The first-order valence-corrected chi connectivity index (χ1v) is 6.03. The summed E-state index contributed by atoms with van der Waals surface area (Å²) in [5.74, 6) is -1.55. The highest BCUT2D eigenvalue weighted by molar-refractivity contribution is 5.81. The van der Waals surface area contributed by atoms with Gasteiger partial charge in [0, 0.05) is 6.04 Å². The van der Waals surface area contributed by atoms with Gasteiger partial charge in [-0.3, -0.25) is 24.4 Å². The van der Waals surface area contributed by atoms with E-state index in [9.17, 15) is 19.7 Å². The molecule has 1 atom stereocenters. The summed E-state index contributed by atoms with van der Waals surface area (Å²) >= 11 is 0. The van der Waals surface area contributed by atoms with Crippen molar-refractivity contribution in [3.8, 4) is 0 Å². The van der Waals surface area contributed by atoms with Crippen molar-refractivity contribution in [3.05, 3.63) is 22.5 Å². The highest BCUT2D eigenvalue weighted by Gasteiger charge is 2.22. The van der Waals surface area contributed by atoms with Crippen LogP contribution in [0.5, 0.6) is 0 Å². The predicted octanol–water partition coefficient (Wildman–Crippen LogP) is 0.503. The first kappa shape index (κ1) is 15.6. The molecule has 1 aromatic rings. The minimum atomic E-state index is -1.11. The molecule has 0 spiro atoms. The van der Waals surface area contributed by atoms with E-state index in [4.69, 9.17) is 5.11 Å². The van der Waals surface area contributed by atoms with Gasteiger partial charge in [0.05, 0.1) is 4.92 Å². The number of carbonyl (C=O) groups excluding carboxylic acids is 1. The number of carbonyl (C=O) groups is 2. The van der Waals surface area contributed by atoms with E-state index in [1.807, 2.05) is 6.92 Å². The lowest BCUT2D eigenvalue weighted by atomic mass is 10.2. The second-order valence-electron chi connectivity index (χ2n) is 4.33. The summed E-state index contributed by atoms with van der Waals surface area (Å²) in [6.45, 7) is 2.95. The summed E-state index contributed by atoms with van der Waals surface area (Å²) in [4.78, 5) is 34.0. The van der Waals surface area contributed by atoms with E-state index in [0.717, 1.165) is 17.1 Å². The minimum Gasteiger partial charge on any atom is -0.480 e.